The largest absolute Gasteiger partial charge is 0.346 e. The molecule has 0 heterocycles. The molecule has 0 aliphatic carbocycles. The van der Waals surface area contributed by atoms with Crippen molar-refractivity contribution >= 4 is 15.9 Å². The van der Waals surface area contributed by atoms with Crippen molar-refractivity contribution in [1.82, 2.24) is 9.79 Å². The van der Waals surface area contributed by atoms with E-state index in [1.54, 1.807) is 6.07 Å². The number of nitrogens with zero attached hydrogens (tertiary/aromatic N) is 1. The van der Waals surface area contributed by atoms with Gasteiger partial charge in [-0.15, -0.1) is 0 Å². The Kier molecular flexibility index (Phi) is 5.71. The van der Waals surface area contributed by atoms with Gasteiger partial charge in [0.15, 0.2) is 0 Å². The fraction of sp³-hybridized carbons (Fsp3) is 0.235. The molecule has 0 fully saturated rings. The number of hydrogen-bond donors (Lipinski definition) is 1. The molecule has 24 heavy (non-hydrogen) atoms. The quantitative estimate of drug-likeness (QED) is 0.813. The SMILES string of the molecule is CON(C)S(=O)(=O)c1cccc(C(=O)N[C@H](C)c2ccccc2)c1. The van der Waals surface area contributed by atoms with E-state index in [1.165, 1.54) is 32.4 Å². The Bertz CT molecular complexity index is 806. The van der Waals surface area contributed by atoms with Crippen LogP contribution in [0.1, 0.15) is 28.9 Å². The van der Waals surface area contributed by atoms with Crippen LogP contribution >= 0.6 is 0 Å². The summed E-state index contributed by atoms with van der Waals surface area (Å²) in [7, 11) is -1.24. The van der Waals surface area contributed by atoms with Crippen LogP contribution in [0.2, 0.25) is 0 Å². The van der Waals surface area contributed by atoms with Gasteiger partial charge in [-0.05, 0) is 30.7 Å². The highest BCUT2D eigenvalue weighted by atomic mass is 32.2. The van der Waals surface area contributed by atoms with Gasteiger partial charge < -0.3 is 5.32 Å². The number of carbonyl (C=O) groups excluding carboxylic acids is 1. The number of rotatable bonds is 6. The molecule has 128 valence electrons. The molecule has 0 saturated heterocycles. The van der Waals surface area contributed by atoms with Crippen molar-refractivity contribution < 1.29 is 18.0 Å². The molecule has 1 N–H and O–H groups in total. The molecular formula is C17H20N2O4S. The minimum Gasteiger partial charge on any atom is -0.346 e. The third kappa shape index (κ3) is 4.00. The van der Waals surface area contributed by atoms with Gasteiger partial charge in [-0.3, -0.25) is 9.63 Å². The molecule has 0 spiro atoms. The zero-order valence-electron chi connectivity index (χ0n) is 13.8. The second-order valence-corrected chi connectivity index (χ2v) is 7.17. The molecule has 2 rings (SSSR count). The lowest BCUT2D eigenvalue weighted by molar-refractivity contribution is -0.0258. The highest BCUT2D eigenvalue weighted by Crippen LogP contribution is 2.17. The van der Waals surface area contributed by atoms with Crippen molar-refractivity contribution in [2.45, 2.75) is 17.9 Å². The molecule has 2 aromatic rings. The summed E-state index contributed by atoms with van der Waals surface area (Å²) in [6.07, 6.45) is 0. The maximum Gasteiger partial charge on any atom is 0.264 e. The van der Waals surface area contributed by atoms with Crippen molar-refractivity contribution in [1.29, 1.82) is 0 Å². The van der Waals surface area contributed by atoms with Crippen LogP contribution in [0.5, 0.6) is 0 Å². The summed E-state index contributed by atoms with van der Waals surface area (Å²) in [6.45, 7) is 1.87. The number of benzene rings is 2. The molecule has 1 amide bonds. The third-order valence-corrected chi connectivity index (χ3v) is 5.31. The molecular weight excluding hydrogens is 328 g/mol. The summed E-state index contributed by atoms with van der Waals surface area (Å²) in [5, 5.41) is 2.86. The van der Waals surface area contributed by atoms with E-state index in [0.29, 0.717) is 0 Å². The van der Waals surface area contributed by atoms with Crippen LogP contribution in [0, 0.1) is 0 Å². The highest BCUT2D eigenvalue weighted by molar-refractivity contribution is 7.89. The van der Waals surface area contributed by atoms with E-state index in [0.717, 1.165) is 10.0 Å². The van der Waals surface area contributed by atoms with Gasteiger partial charge >= 0.3 is 0 Å². The third-order valence-electron chi connectivity index (χ3n) is 3.64. The minimum absolute atomic E-state index is 0.00753. The lowest BCUT2D eigenvalue weighted by Crippen LogP contribution is -2.28. The van der Waals surface area contributed by atoms with E-state index in [-0.39, 0.29) is 22.4 Å². The first-order valence-corrected chi connectivity index (χ1v) is 8.79. The Labute approximate surface area is 142 Å². The topological polar surface area (TPSA) is 75.7 Å². The fourth-order valence-corrected chi connectivity index (χ4v) is 3.17. The summed E-state index contributed by atoms with van der Waals surface area (Å²) in [4.78, 5) is 17.1. The monoisotopic (exact) mass is 348 g/mol. The Morgan fingerprint density at radius 2 is 1.79 bits per heavy atom. The van der Waals surface area contributed by atoms with E-state index in [2.05, 4.69) is 5.32 Å². The lowest BCUT2D eigenvalue weighted by Gasteiger charge is -2.16. The zero-order valence-corrected chi connectivity index (χ0v) is 14.6. The van der Waals surface area contributed by atoms with Crippen LogP contribution in [0.15, 0.2) is 59.5 Å². The number of hydroxylamine groups is 1. The molecule has 0 saturated carbocycles. The van der Waals surface area contributed by atoms with E-state index in [9.17, 15) is 13.2 Å². The first-order chi connectivity index (χ1) is 11.4. The van der Waals surface area contributed by atoms with E-state index in [1.807, 2.05) is 37.3 Å². The lowest BCUT2D eigenvalue weighted by atomic mass is 10.1. The molecule has 0 bridgehead atoms. The van der Waals surface area contributed by atoms with Crippen LogP contribution < -0.4 is 5.32 Å². The van der Waals surface area contributed by atoms with Crippen LogP contribution in [0.4, 0.5) is 0 Å². The number of carbonyl (C=O) groups is 1. The van der Waals surface area contributed by atoms with Crippen LogP contribution in [0.3, 0.4) is 0 Å². The Morgan fingerprint density at radius 3 is 2.42 bits per heavy atom. The summed E-state index contributed by atoms with van der Waals surface area (Å²) in [5.74, 6) is -0.344. The summed E-state index contributed by atoms with van der Waals surface area (Å²) in [5.41, 5.74) is 1.23. The summed E-state index contributed by atoms with van der Waals surface area (Å²) >= 11 is 0. The predicted octanol–water partition coefficient (Wildman–Crippen LogP) is 2.36. The maximum absolute atomic E-state index is 12.4. The zero-order chi connectivity index (χ0) is 17.7. The molecule has 0 aromatic heterocycles. The second kappa shape index (κ2) is 7.57. The smallest absolute Gasteiger partial charge is 0.264 e. The van der Waals surface area contributed by atoms with Crippen molar-refractivity contribution in [2.24, 2.45) is 0 Å². The van der Waals surface area contributed by atoms with Crippen molar-refractivity contribution in [3.8, 4) is 0 Å². The van der Waals surface area contributed by atoms with Crippen molar-refractivity contribution in [2.75, 3.05) is 14.2 Å². The van der Waals surface area contributed by atoms with Crippen molar-refractivity contribution in [3.05, 3.63) is 65.7 Å². The van der Waals surface area contributed by atoms with Gasteiger partial charge in [0.2, 0.25) is 0 Å². The molecule has 6 nitrogen and oxygen atoms in total. The van der Waals surface area contributed by atoms with Crippen LogP contribution in [-0.4, -0.2) is 33.0 Å². The first-order valence-electron chi connectivity index (χ1n) is 7.35. The van der Waals surface area contributed by atoms with E-state index >= 15 is 0 Å². The molecule has 1 atom stereocenters. The maximum atomic E-state index is 12.4. The van der Waals surface area contributed by atoms with E-state index in [4.69, 9.17) is 4.84 Å². The standard InChI is InChI=1S/C17H20N2O4S/c1-13(14-8-5-4-6-9-14)18-17(20)15-10-7-11-16(12-15)24(21,22)19(2)23-3/h4-13H,1-3H3,(H,18,20)/t13-/m1/s1. The van der Waals surface area contributed by atoms with Gasteiger partial charge in [0.05, 0.1) is 18.0 Å². The number of sulfonamides is 1. The first kappa shape index (κ1) is 18.1. The molecule has 0 unspecified atom stereocenters. The Balaban J connectivity index is 2.21. The molecule has 0 aliphatic heterocycles. The summed E-state index contributed by atoms with van der Waals surface area (Å²) in [6, 6.07) is 15.2. The molecule has 2 aromatic carbocycles. The van der Waals surface area contributed by atoms with Crippen LogP contribution in [0.25, 0.3) is 0 Å². The fourth-order valence-electron chi connectivity index (χ4n) is 2.15. The predicted molar refractivity (Wildman–Crippen MR) is 90.7 cm³/mol. The summed E-state index contributed by atoms with van der Waals surface area (Å²) < 4.78 is 25.2. The number of amides is 1. The van der Waals surface area contributed by atoms with Crippen molar-refractivity contribution in [3.63, 3.8) is 0 Å². The van der Waals surface area contributed by atoms with Gasteiger partial charge in [-0.2, -0.15) is 0 Å². The van der Waals surface area contributed by atoms with Gasteiger partial charge in [-0.1, -0.05) is 40.9 Å². The molecule has 7 heteroatoms. The Morgan fingerprint density at radius 1 is 1.12 bits per heavy atom. The van der Waals surface area contributed by atoms with Gasteiger partial charge in [-0.25, -0.2) is 8.42 Å². The normalized spacial score (nSPS) is 12.8. The number of nitrogens with one attached hydrogen (secondary N) is 1. The Hall–Kier alpha value is -2.22. The minimum atomic E-state index is -3.79. The van der Waals surface area contributed by atoms with Gasteiger partial charge in [0, 0.05) is 12.6 Å². The average Bonchev–Trinajstić information content (AvgIpc) is 2.61. The highest BCUT2D eigenvalue weighted by Gasteiger charge is 2.22. The molecule has 0 aliphatic rings. The van der Waals surface area contributed by atoms with E-state index < -0.39 is 10.0 Å². The number of hydrogen-bond acceptors (Lipinski definition) is 4. The second-order valence-electron chi connectivity index (χ2n) is 5.23. The van der Waals surface area contributed by atoms with Gasteiger partial charge in [0.25, 0.3) is 15.9 Å². The van der Waals surface area contributed by atoms with Gasteiger partial charge in [0.1, 0.15) is 0 Å². The molecule has 0 radical (unpaired) electrons. The average molecular weight is 348 g/mol. The van der Waals surface area contributed by atoms with Crippen LogP contribution in [-0.2, 0) is 14.9 Å².